The van der Waals surface area contributed by atoms with E-state index in [2.05, 4.69) is 9.97 Å². The van der Waals surface area contributed by atoms with Crippen molar-refractivity contribution in [2.45, 2.75) is 19.0 Å². The van der Waals surface area contributed by atoms with Gasteiger partial charge in [-0.3, -0.25) is 0 Å². The predicted octanol–water partition coefficient (Wildman–Crippen LogP) is 6.67. The summed E-state index contributed by atoms with van der Waals surface area (Å²) in [5.74, 6) is 0.214. The van der Waals surface area contributed by atoms with Crippen LogP contribution in [0.4, 0.5) is 13.2 Å². The van der Waals surface area contributed by atoms with Gasteiger partial charge in [-0.2, -0.15) is 18.2 Å². The molecule has 2 aromatic carbocycles. The second-order valence-electron chi connectivity index (χ2n) is 6.20. The molecular formula is C20H14Cl3F3N2O. The van der Waals surface area contributed by atoms with Gasteiger partial charge in [-0.25, -0.2) is 4.98 Å². The zero-order valence-electron chi connectivity index (χ0n) is 14.8. The first-order valence-corrected chi connectivity index (χ1v) is 9.60. The molecule has 0 amide bonds. The van der Waals surface area contributed by atoms with Gasteiger partial charge < -0.3 is 4.74 Å². The minimum atomic E-state index is -4.48. The number of nitrogens with zero attached hydrogens (tertiary/aromatic N) is 2. The lowest BCUT2D eigenvalue weighted by Crippen LogP contribution is -2.06. The molecule has 0 bridgehead atoms. The normalized spacial score (nSPS) is 11.5. The van der Waals surface area contributed by atoms with Crippen LogP contribution in [0.5, 0.6) is 5.88 Å². The minimum Gasteiger partial charge on any atom is -0.476 e. The quantitative estimate of drug-likeness (QED) is 0.385. The Kier molecular flexibility index (Phi) is 6.88. The third-order valence-electron chi connectivity index (χ3n) is 4.08. The van der Waals surface area contributed by atoms with E-state index < -0.39 is 11.7 Å². The van der Waals surface area contributed by atoms with Crippen LogP contribution >= 0.6 is 34.8 Å². The van der Waals surface area contributed by atoms with Crippen LogP contribution in [0.2, 0.25) is 15.3 Å². The number of alkyl halides is 3. The Labute approximate surface area is 180 Å². The molecule has 0 N–H and O–H groups in total. The van der Waals surface area contributed by atoms with Gasteiger partial charge >= 0.3 is 6.18 Å². The van der Waals surface area contributed by atoms with Crippen LogP contribution in [0.15, 0.2) is 48.7 Å². The van der Waals surface area contributed by atoms with Crippen molar-refractivity contribution in [3.05, 3.63) is 86.2 Å². The highest BCUT2D eigenvalue weighted by atomic mass is 35.5. The Bertz CT molecular complexity index is 995. The van der Waals surface area contributed by atoms with Crippen molar-refractivity contribution in [2.24, 2.45) is 0 Å². The van der Waals surface area contributed by atoms with E-state index in [1.807, 2.05) is 24.3 Å². The maximum atomic E-state index is 13.0. The first kappa shape index (κ1) is 21.7. The molecule has 0 spiro atoms. The van der Waals surface area contributed by atoms with Gasteiger partial charge in [-0.15, -0.1) is 0 Å². The summed E-state index contributed by atoms with van der Waals surface area (Å²) in [4.78, 5) is 7.65. The van der Waals surface area contributed by atoms with Crippen molar-refractivity contribution in [3.63, 3.8) is 0 Å². The Morgan fingerprint density at radius 3 is 2.21 bits per heavy atom. The van der Waals surface area contributed by atoms with E-state index in [1.54, 1.807) is 6.07 Å². The molecule has 0 aliphatic heterocycles. The zero-order chi connectivity index (χ0) is 21.0. The van der Waals surface area contributed by atoms with Crippen LogP contribution in [0.1, 0.15) is 22.3 Å². The molecule has 3 rings (SSSR count). The second kappa shape index (κ2) is 9.20. The van der Waals surface area contributed by atoms with Crippen molar-refractivity contribution in [3.8, 4) is 5.88 Å². The molecule has 152 valence electrons. The largest absolute Gasteiger partial charge is 0.476 e. The zero-order valence-corrected chi connectivity index (χ0v) is 17.1. The van der Waals surface area contributed by atoms with Crippen molar-refractivity contribution in [2.75, 3.05) is 6.61 Å². The van der Waals surface area contributed by atoms with Crippen molar-refractivity contribution >= 4 is 34.8 Å². The molecule has 0 saturated carbocycles. The monoisotopic (exact) mass is 460 g/mol. The van der Waals surface area contributed by atoms with Gasteiger partial charge in [0, 0.05) is 6.42 Å². The van der Waals surface area contributed by atoms with E-state index in [0.29, 0.717) is 25.0 Å². The molecule has 0 unspecified atom stereocenters. The van der Waals surface area contributed by atoms with E-state index in [9.17, 15) is 13.2 Å². The summed E-state index contributed by atoms with van der Waals surface area (Å²) in [7, 11) is 0. The molecule has 0 fully saturated rings. The van der Waals surface area contributed by atoms with Crippen molar-refractivity contribution in [1.29, 1.82) is 0 Å². The summed E-state index contributed by atoms with van der Waals surface area (Å²) in [5.41, 5.74) is 1.59. The number of hydrogen-bond acceptors (Lipinski definition) is 3. The van der Waals surface area contributed by atoms with E-state index in [0.717, 1.165) is 17.2 Å². The number of hydrogen-bond donors (Lipinski definition) is 0. The number of rotatable bonds is 6. The summed E-state index contributed by atoms with van der Waals surface area (Å²) in [5, 5.41) is 0.0113. The smallest absolute Gasteiger partial charge is 0.417 e. The van der Waals surface area contributed by atoms with Gasteiger partial charge in [0.05, 0.1) is 23.4 Å². The summed E-state index contributed by atoms with van der Waals surface area (Å²) in [6, 6.07) is 11.5. The Balaban J connectivity index is 1.60. The summed E-state index contributed by atoms with van der Waals surface area (Å²) < 4.78 is 44.5. The van der Waals surface area contributed by atoms with Crippen molar-refractivity contribution in [1.82, 2.24) is 9.97 Å². The SMILES string of the molecule is FC(F)(F)c1cc(Cc2ccc(CCOc3nc(Cl)ncc3Cl)cc2)ccc1Cl. The maximum Gasteiger partial charge on any atom is 0.417 e. The fourth-order valence-electron chi connectivity index (χ4n) is 2.66. The third-order valence-corrected chi connectivity index (χ3v) is 4.85. The maximum absolute atomic E-state index is 13.0. The summed E-state index contributed by atoms with van der Waals surface area (Å²) in [6.45, 7) is 0.332. The van der Waals surface area contributed by atoms with Crippen LogP contribution in [-0.2, 0) is 19.0 Å². The van der Waals surface area contributed by atoms with Gasteiger partial charge in [0.2, 0.25) is 11.2 Å². The summed E-state index contributed by atoms with van der Waals surface area (Å²) >= 11 is 17.3. The molecule has 0 atom stereocenters. The van der Waals surface area contributed by atoms with Gasteiger partial charge in [0.15, 0.2) is 0 Å². The first-order chi connectivity index (χ1) is 13.7. The summed E-state index contributed by atoms with van der Waals surface area (Å²) in [6.07, 6.45) is -2.15. The van der Waals surface area contributed by atoms with Gasteiger partial charge in [-0.05, 0) is 46.8 Å². The lowest BCUT2D eigenvalue weighted by Gasteiger charge is -2.11. The average Bonchev–Trinajstić information content (AvgIpc) is 2.66. The number of benzene rings is 2. The molecule has 3 aromatic rings. The van der Waals surface area contributed by atoms with Gasteiger partial charge in [-0.1, -0.05) is 53.5 Å². The molecule has 0 aliphatic carbocycles. The predicted molar refractivity (Wildman–Crippen MR) is 107 cm³/mol. The highest BCUT2D eigenvalue weighted by molar-refractivity contribution is 6.32. The van der Waals surface area contributed by atoms with E-state index in [4.69, 9.17) is 39.5 Å². The lowest BCUT2D eigenvalue weighted by atomic mass is 10.0. The number of ether oxygens (including phenoxy) is 1. The van der Waals surface area contributed by atoms with Crippen LogP contribution in [-0.4, -0.2) is 16.6 Å². The fraction of sp³-hybridized carbons (Fsp3) is 0.200. The highest BCUT2D eigenvalue weighted by Crippen LogP contribution is 2.35. The molecular weight excluding hydrogens is 448 g/mol. The highest BCUT2D eigenvalue weighted by Gasteiger charge is 2.33. The number of aromatic nitrogens is 2. The topological polar surface area (TPSA) is 35.0 Å². The van der Waals surface area contributed by atoms with Crippen LogP contribution in [0, 0.1) is 0 Å². The molecule has 29 heavy (non-hydrogen) atoms. The van der Waals surface area contributed by atoms with Crippen LogP contribution in [0.25, 0.3) is 0 Å². The Morgan fingerprint density at radius 2 is 1.52 bits per heavy atom. The van der Waals surface area contributed by atoms with Crippen LogP contribution < -0.4 is 4.74 Å². The molecule has 0 radical (unpaired) electrons. The molecule has 1 aromatic heterocycles. The lowest BCUT2D eigenvalue weighted by molar-refractivity contribution is -0.137. The number of halogens is 6. The molecule has 9 heteroatoms. The molecule has 0 aliphatic rings. The van der Waals surface area contributed by atoms with E-state index >= 15 is 0 Å². The first-order valence-electron chi connectivity index (χ1n) is 8.46. The second-order valence-corrected chi connectivity index (χ2v) is 7.35. The van der Waals surface area contributed by atoms with E-state index in [1.165, 1.54) is 12.3 Å². The fourth-order valence-corrected chi connectivity index (χ4v) is 3.15. The standard InChI is InChI=1S/C20H14Cl3F3N2O/c21-16-6-5-14(10-15(16)20(24,25)26)9-13-3-1-12(2-4-13)7-8-29-18-17(22)11-27-19(23)28-18/h1-6,10-11H,7-9H2. The molecule has 1 heterocycles. The third kappa shape index (κ3) is 5.98. The van der Waals surface area contributed by atoms with Gasteiger partial charge in [0.1, 0.15) is 5.02 Å². The molecule has 0 saturated heterocycles. The Hall–Kier alpha value is -2.02. The molecule has 3 nitrogen and oxygen atoms in total. The van der Waals surface area contributed by atoms with E-state index in [-0.39, 0.29) is 21.2 Å². The Morgan fingerprint density at radius 1 is 0.862 bits per heavy atom. The average molecular weight is 462 g/mol. The van der Waals surface area contributed by atoms with Crippen LogP contribution in [0.3, 0.4) is 0 Å². The van der Waals surface area contributed by atoms with Gasteiger partial charge in [0.25, 0.3) is 0 Å². The minimum absolute atomic E-state index is 0.0460. The van der Waals surface area contributed by atoms with Crippen molar-refractivity contribution < 1.29 is 17.9 Å².